The van der Waals surface area contributed by atoms with Crippen LogP contribution in [0.3, 0.4) is 0 Å². The van der Waals surface area contributed by atoms with E-state index in [0.29, 0.717) is 25.4 Å². The third-order valence-corrected chi connectivity index (χ3v) is 3.14. The minimum Gasteiger partial charge on any atom is -0.501 e. The van der Waals surface area contributed by atoms with Gasteiger partial charge in [-0.15, -0.1) is 0 Å². The average Bonchev–Trinajstić information content (AvgIpc) is 2.53. The number of fused-ring (bicyclic) bond motifs is 1. The van der Waals surface area contributed by atoms with Crippen molar-refractivity contribution >= 4 is 5.97 Å². The van der Waals surface area contributed by atoms with E-state index in [9.17, 15) is 14.7 Å². The third kappa shape index (κ3) is 2.40. The molecular formula is C13H18N2O5. The third-order valence-electron chi connectivity index (χ3n) is 3.14. The lowest BCUT2D eigenvalue weighted by atomic mass is 10.1. The van der Waals surface area contributed by atoms with Crippen LogP contribution in [0.2, 0.25) is 0 Å². The van der Waals surface area contributed by atoms with Crippen LogP contribution in [-0.2, 0) is 21.6 Å². The first-order chi connectivity index (χ1) is 9.38. The van der Waals surface area contributed by atoms with Crippen molar-refractivity contribution in [2.45, 2.75) is 39.3 Å². The zero-order valence-electron chi connectivity index (χ0n) is 11.8. The molecule has 2 heterocycles. The van der Waals surface area contributed by atoms with Crippen LogP contribution >= 0.6 is 0 Å². The van der Waals surface area contributed by atoms with Crippen molar-refractivity contribution in [3.63, 3.8) is 0 Å². The Hall–Kier alpha value is -1.89. The molecule has 0 aliphatic carbocycles. The fraction of sp³-hybridized carbons (Fsp3) is 0.615. The van der Waals surface area contributed by atoms with Crippen LogP contribution in [0, 0.1) is 0 Å². The number of rotatable bonds is 2. The van der Waals surface area contributed by atoms with E-state index in [1.807, 2.05) is 0 Å². The quantitative estimate of drug-likeness (QED) is 0.806. The molecule has 0 atom stereocenters. The van der Waals surface area contributed by atoms with Gasteiger partial charge in [0.25, 0.3) is 5.56 Å². The smallest absolute Gasteiger partial charge is 0.361 e. The molecule has 1 N–H and O–H groups in total. The van der Waals surface area contributed by atoms with Crippen molar-refractivity contribution in [2.75, 3.05) is 13.2 Å². The van der Waals surface area contributed by atoms with Gasteiger partial charge in [0.1, 0.15) is 11.4 Å². The van der Waals surface area contributed by atoms with E-state index < -0.39 is 22.9 Å². The van der Waals surface area contributed by atoms with Crippen LogP contribution in [0.25, 0.3) is 0 Å². The van der Waals surface area contributed by atoms with Crippen LogP contribution in [0.15, 0.2) is 4.79 Å². The zero-order valence-corrected chi connectivity index (χ0v) is 11.8. The van der Waals surface area contributed by atoms with Gasteiger partial charge in [-0.2, -0.15) is 0 Å². The molecule has 0 radical (unpaired) electrons. The summed E-state index contributed by atoms with van der Waals surface area (Å²) in [5.41, 5.74) is -1.82. The predicted octanol–water partition coefficient (Wildman–Crippen LogP) is 0.781. The monoisotopic (exact) mass is 282 g/mol. The minimum atomic E-state index is -0.815. The summed E-state index contributed by atoms with van der Waals surface area (Å²) in [4.78, 5) is 28.1. The molecular weight excluding hydrogens is 264 g/mol. The van der Waals surface area contributed by atoms with E-state index in [4.69, 9.17) is 9.47 Å². The van der Waals surface area contributed by atoms with Gasteiger partial charge in [-0.25, -0.2) is 9.78 Å². The second-order valence-corrected chi connectivity index (χ2v) is 5.02. The second kappa shape index (κ2) is 5.24. The zero-order chi connectivity index (χ0) is 14.9. The predicted molar refractivity (Wildman–Crippen MR) is 69.7 cm³/mol. The SMILES string of the molecule is CCOC(=O)c1nc2n(c(=O)c1O)CCCOC2(C)C. The Kier molecular flexibility index (Phi) is 3.80. The molecule has 1 aromatic rings. The Morgan fingerprint density at radius 2 is 2.25 bits per heavy atom. The normalized spacial score (nSPS) is 17.1. The summed E-state index contributed by atoms with van der Waals surface area (Å²) in [7, 11) is 0. The molecule has 1 aromatic heterocycles. The molecule has 0 unspecified atom stereocenters. The summed E-state index contributed by atoms with van der Waals surface area (Å²) in [6, 6.07) is 0. The number of carbonyl (C=O) groups is 1. The van der Waals surface area contributed by atoms with Crippen LogP contribution in [-0.4, -0.2) is 33.8 Å². The lowest BCUT2D eigenvalue weighted by Gasteiger charge is -2.24. The maximum atomic E-state index is 12.2. The number of hydrogen-bond acceptors (Lipinski definition) is 6. The van der Waals surface area contributed by atoms with Gasteiger partial charge in [0, 0.05) is 13.2 Å². The Morgan fingerprint density at radius 1 is 1.55 bits per heavy atom. The van der Waals surface area contributed by atoms with Gasteiger partial charge < -0.3 is 14.6 Å². The Balaban J connectivity index is 2.65. The number of nitrogens with zero attached hydrogens (tertiary/aromatic N) is 2. The minimum absolute atomic E-state index is 0.137. The van der Waals surface area contributed by atoms with Crippen LogP contribution in [0.4, 0.5) is 0 Å². The van der Waals surface area contributed by atoms with E-state index >= 15 is 0 Å². The largest absolute Gasteiger partial charge is 0.501 e. The summed E-state index contributed by atoms with van der Waals surface area (Å²) in [5.74, 6) is -1.17. The Morgan fingerprint density at radius 3 is 2.90 bits per heavy atom. The van der Waals surface area contributed by atoms with E-state index in [2.05, 4.69) is 4.98 Å². The van der Waals surface area contributed by atoms with E-state index in [1.54, 1.807) is 20.8 Å². The molecule has 20 heavy (non-hydrogen) atoms. The van der Waals surface area contributed by atoms with Crippen molar-refractivity contribution in [1.29, 1.82) is 0 Å². The molecule has 0 bridgehead atoms. The van der Waals surface area contributed by atoms with Gasteiger partial charge in [0.2, 0.25) is 5.75 Å². The van der Waals surface area contributed by atoms with Gasteiger partial charge in [0.05, 0.1) is 6.61 Å². The number of hydrogen-bond donors (Lipinski definition) is 1. The van der Waals surface area contributed by atoms with Crippen LogP contribution in [0.1, 0.15) is 43.5 Å². The van der Waals surface area contributed by atoms with Crippen LogP contribution < -0.4 is 5.56 Å². The van der Waals surface area contributed by atoms with Crippen molar-refractivity contribution in [3.05, 3.63) is 21.9 Å². The van der Waals surface area contributed by atoms with Crippen molar-refractivity contribution in [1.82, 2.24) is 9.55 Å². The van der Waals surface area contributed by atoms with Gasteiger partial charge >= 0.3 is 5.97 Å². The molecule has 0 saturated carbocycles. The highest BCUT2D eigenvalue weighted by molar-refractivity contribution is 5.90. The molecule has 7 nitrogen and oxygen atoms in total. The molecule has 0 aromatic carbocycles. The molecule has 2 rings (SSSR count). The fourth-order valence-electron chi connectivity index (χ4n) is 2.17. The number of esters is 1. The number of ether oxygens (including phenoxy) is 2. The summed E-state index contributed by atoms with van der Waals surface area (Å²) >= 11 is 0. The van der Waals surface area contributed by atoms with Crippen LogP contribution in [0.5, 0.6) is 5.75 Å². The van der Waals surface area contributed by atoms with Crippen molar-refractivity contribution in [2.24, 2.45) is 0 Å². The van der Waals surface area contributed by atoms with Gasteiger partial charge in [-0.1, -0.05) is 0 Å². The molecule has 7 heteroatoms. The standard InChI is InChI=1S/C13H18N2O5/c1-4-19-11(18)8-9(16)10(17)15-6-5-7-20-13(2,3)12(15)14-8/h16H,4-7H2,1-3H3. The molecule has 0 fully saturated rings. The van der Waals surface area contributed by atoms with E-state index in [0.717, 1.165) is 0 Å². The molecule has 0 saturated heterocycles. The molecule has 0 spiro atoms. The summed E-state index contributed by atoms with van der Waals surface area (Å²) < 4.78 is 11.8. The number of aromatic hydroxyl groups is 1. The Labute approximate surface area is 116 Å². The second-order valence-electron chi connectivity index (χ2n) is 5.02. The highest BCUT2D eigenvalue weighted by Gasteiger charge is 2.33. The maximum absolute atomic E-state index is 12.2. The van der Waals surface area contributed by atoms with Crippen molar-refractivity contribution < 1.29 is 19.4 Å². The first-order valence-electron chi connectivity index (χ1n) is 6.54. The first kappa shape index (κ1) is 14.5. The average molecular weight is 282 g/mol. The summed E-state index contributed by atoms with van der Waals surface area (Å²) in [5, 5.41) is 9.88. The topological polar surface area (TPSA) is 90.7 Å². The van der Waals surface area contributed by atoms with Crippen molar-refractivity contribution in [3.8, 4) is 5.75 Å². The number of aromatic nitrogens is 2. The highest BCUT2D eigenvalue weighted by Crippen LogP contribution is 2.27. The maximum Gasteiger partial charge on any atom is 0.361 e. The lowest BCUT2D eigenvalue weighted by molar-refractivity contribution is -0.0228. The summed E-state index contributed by atoms with van der Waals surface area (Å²) in [6.07, 6.45) is 0.635. The molecule has 1 aliphatic rings. The van der Waals surface area contributed by atoms with Gasteiger partial charge in [-0.05, 0) is 27.2 Å². The van der Waals surface area contributed by atoms with E-state index in [1.165, 1.54) is 4.57 Å². The first-order valence-corrected chi connectivity index (χ1v) is 6.54. The van der Waals surface area contributed by atoms with Gasteiger partial charge in [0.15, 0.2) is 5.69 Å². The molecule has 0 amide bonds. The fourth-order valence-corrected chi connectivity index (χ4v) is 2.17. The Bertz CT molecular complexity index is 591. The summed E-state index contributed by atoms with van der Waals surface area (Å²) in [6.45, 7) is 6.17. The molecule has 1 aliphatic heterocycles. The number of carbonyl (C=O) groups excluding carboxylic acids is 1. The molecule has 110 valence electrons. The van der Waals surface area contributed by atoms with Gasteiger partial charge in [-0.3, -0.25) is 9.36 Å². The van der Waals surface area contributed by atoms with E-state index in [-0.39, 0.29) is 12.3 Å². The lowest BCUT2D eigenvalue weighted by Crippen LogP contribution is -2.34. The highest BCUT2D eigenvalue weighted by atomic mass is 16.5.